The van der Waals surface area contributed by atoms with E-state index in [1.807, 2.05) is 19.1 Å². The number of aromatic nitrogens is 1. The van der Waals surface area contributed by atoms with Crippen LogP contribution in [0.5, 0.6) is 0 Å². The van der Waals surface area contributed by atoms with Gasteiger partial charge in [0.05, 0.1) is 11.6 Å². The van der Waals surface area contributed by atoms with Crippen LogP contribution in [-0.2, 0) is 0 Å². The molecule has 0 spiro atoms. The number of anilines is 1. The Labute approximate surface area is 96.7 Å². The van der Waals surface area contributed by atoms with Gasteiger partial charge in [-0.2, -0.15) is 5.26 Å². The molecule has 1 unspecified atom stereocenters. The quantitative estimate of drug-likeness (QED) is 0.761. The van der Waals surface area contributed by atoms with Gasteiger partial charge in [0.25, 0.3) is 0 Å². The van der Waals surface area contributed by atoms with Crippen LogP contribution in [0.2, 0.25) is 0 Å². The van der Waals surface area contributed by atoms with Gasteiger partial charge in [0.1, 0.15) is 5.82 Å². The number of pyridine rings is 1. The highest BCUT2D eigenvalue weighted by Crippen LogP contribution is 2.26. The van der Waals surface area contributed by atoms with Gasteiger partial charge in [-0.25, -0.2) is 4.98 Å². The van der Waals surface area contributed by atoms with Gasteiger partial charge in [-0.05, 0) is 38.3 Å². The van der Waals surface area contributed by atoms with Crippen LogP contribution >= 0.6 is 0 Å². The third-order valence-electron chi connectivity index (χ3n) is 3.21. The van der Waals surface area contributed by atoms with Crippen molar-refractivity contribution in [1.82, 2.24) is 4.98 Å². The normalized spacial score (nSPS) is 19.8. The van der Waals surface area contributed by atoms with Crippen LogP contribution in [-0.4, -0.2) is 17.6 Å². The molecular weight excluding hydrogens is 198 g/mol. The highest BCUT2D eigenvalue weighted by atomic mass is 15.2. The summed E-state index contributed by atoms with van der Waals surface area (Å²) < 4.78 is 0. The van der Waals surface area contributed by atoms with Crippen molar-refractivity contribution in [3.63, 3.8) is 0 Å². The van der Waals surface area contributed by atoms with Crippen molar-refractivity contribution < 1.29 is 0 Å². The number of nitrogens with zero attached hydrogens (tertiary/aromatic N) is 3. The van der Waals surface area contributed by atoms with Gasteiger partial charge in [-0.1, -0.05) is 6.92 Å². The Kier molecular flexibility index (Phi) is 3.09. The molecule has 3 heteroatoms. The fraction of sp³-hybridized carbons (Fsp3) is 0.538. The van der Waals surface area contributed by atoms with Crippen LogP contribution in [0.15, 0.2) is 12.1 Å². The molecule has 2 rings (SSSR count). The van der Waals surface area contributed by atoms with Crippen LogP contribution in [0.25, 0.3) is 0 Å². The van der Waals surface area contributed by atoms with Crippen molar-refractivity contribution in [2.24, 2.45) is 0 Å². The molecule has 16 heavy (non-hydrogen) atoms. The van der Waals surface area contributed by atoms with E-state index in [1.54, 1.807) is 0 Å². The predicted molar refractivity (Wildman–Crippen MR) is 64.3 cm³/mol. The zero-order valence-corrected chi connectivity index (χ0v) is 9.90. The molecule has 1 atom stereocenters. The summed E-state index contributed by atoms with van der Waals surface area (Å²) in [7, 11) is 0. The molecular formula is C13H17N3. The third-order valence-corrected chi connectivity index (χ3v) is 3.21. The number of hydrogen-bond donors (Lipinski definition) is 0. The minimum Gasteiger partial charge on any atom is -0.354 e. The monoisotopic (exact) mass is 215 g/mol. The molecule has 3 nitrogen and oxygen atoms in total. The molecule has 1 fully saturated rings. The van der Waals surface area contributed by atoms with E-state index in [4.69, 9.17) is 5.26 Å². The van der Waals surface area contributed by atoms with E-state index >= 15 is 0 Å². The summed E-state index contributed by atoms with van der Waals surface area (Å²) in [5.74, 6) is 0.973. The van der Waals surface area contributed by atoms with Gasteiger partial charge in [-0.15, -0.1) is 0 Å². The molecule has 0 radical (unpaired) electrons. The van der Waals surface area contributed by atoms with Gasteiger partial charge in [0, 0.05) is 18.3 Å². The molecule has 84 valence electrons. The van der Waals surface area contributed by atoms with Crippen molar-refractivity contribution >= 4 is 5.82 Å². The number of nitriles is 1. The summed E-state index contributed by atoms with van der Waals surface area (Å²) >= 11 is 0. The fourth-order valence-corrected chi connectivity index (χ4v) is 2.42. The first kappa shape index (κ1) is 10.9. The lowest BCUT2D eigenvalue weighted by atomic mass is 10.1. The largest absolute Gasteiger partial charge is 0.354 e. The predicted octanol–water partition coefficient (Wildman–Crippen LogP) is 2.64. The SMILES string of the molecule is CCC1CCCN1c1cc(C#N)cc(C)n1. The van der Waals surface area contributed by atoms with Gasteiger partial charge in [0.2, 0.25) is 0 Å². The Balaban J connectivity index is 2.33. The van der Waals surface area contributed by atoms with Gasteiger partial charge in [-0.3, -0.25) is 0 Å². The van der Waals surface area contributed by atoms with Crippen LogP contribution < -0.4 is 4.90 Å². The fourth-order valence-electron chi connectivity index (χ4n) is 2.42. The maximum Gasteiger partial charge on any atom is 0.130 e. The van der Waals surface area contributed by atoms with Crippen LogP contribution in [0, 0.1) is 18.3 Å². The summed E-state index contributed by atoms with van der Waals surface area (Å²) in [5.41, 5.74) is 1.64. The van der Waals surface area contributed by atoms with Crippen LogP contribution in [0.3, 0.4) is 0 Å². The maximum atomic E-state index is 8.96. The zero-order valence-electron chi connectivity index (χ0n) is 9.90. The molecule has 1 aromatic heterocycles. The minimum absolute atomic E-state index is 0.598. The molecule has 1 saturated heterocycles. The number of hydrogen-bond acceptors (Lipinski definition) is 3. The van der Waals surface area contributed by atoms with Gasteiger partial charge < -0.3 is 4.90 Å². The molecule has 2 heterocycles. The minimum atomic E-state index is 0.598. The van der Waals surface area contributed by atoms with Crippen LogP contribution in [0.1, 0.15) is 37.4 Å². The average Bonchev–Trinajstić information content (AvgIpc) is 2.76. The Bertz CT molecular complexity index is 420. The van der Waals surface area contributed by atoms with Crippen molar-refractivity contribution in [3.8, 4) is 6.07 Å². The molecule has 0 aromatic carbocycles. The van der Waals surface area contributed by atoms with E-state index in [0.717, 1.165) is 24.5 Å². The lowest BCUT2D eigenvalue weighted by molar-refractivity contribution is 0.640. The van der Waals surface area contributed by atoms with Crippen molar-refractivity contribution in [1.29, 1.82) is 5.26 Å². The van der Waals surface area contributed by atoms with Crippen molar-refractivity contribution in [2.45, 2.75) is 39.2 Å². The number of aryl methyl sites for hydroxylation is 1. The van der Waals surface area contributed by atoms with Crippen LogP contribution in [0.4, 0.5) is 5.82 Å². The molecule has 1 aromatic rings. The second-order valence-electron chi connectivity index (χ2n) is 4.36. The van der Waals surface area contributed by atoms with E-state index in [9.17, 15) is 0 Å². The van der Waals surface area contributed by atoms with Gasteiger partial charge >= 0.3 is 0 Å². The molecule has 1 aliphatic rings. The van der Waals surface area contributed by atoms with E-state index < -0.39 is 0 Å². The average molecular weight is 215 g/mol. The Morgan fingerprint density at radius 3 is 3.06 bits per heavy atom. The molecule has 0 saturated carbocycles. The second kappa shape index (κ2) is 4.52. The topological polar surface area (TPSA) is 39.9 Å². The Morgan fingerprint density at radius 1 is 1.56 bits per heavy atom. The summed E-state index contributed by atoms with van der Waals surface area (Å²) in [5, 5.41) is 8.96. The first-order chi connectivity index (χ1) is 7.74. The molecule has 1 aliphatic heterocycles. The van der Waals surface area contributed by atoms with Gasteiger partial charge in [0.15, 0.2) is 0 Å². The number of rotatable bonds is 2. The summed E-state index contributed by atoms with van der Waals surface area (Å²) in [6, 6.07) is 6.53. The van der Waals surface area contributed by atoms with E-state index in [0.29, 0.717) is 11.6 Å². The Hall–Kier alpha value is -1.56. The summed E-state index contributed by atoms with van der Waals surface area (Å²) in [6.45, 7) is 5.23. The highest BCUT2D eigenvalue weighted by Gasteiger charge is 2.24. The lowest BCUT2D eigenvalue weighted by Gasteiger charge is -2.25. The smallest absolute Gasteiger partial charge is 0.130 e. The first-order valence-corrected chi connectivity index (χ1v) is 5.90. The van der Waals surface area contributed by atoms with E-state index in [2.05, 4.69) is 22.9 Å². The second-order valence-corrected chi connectivity index (χ2v) is 4.36. The van der Waals surface area contributed by atoms with E-state index in [1.165, 1.54) is 12.8 Å². The molecule has 0 aliphatic carbocycles. The maximum absolute atomic E-state index is 8.96. The lowest BCUT2D eigenvalue weighted by Crippen LogP contribution is -2.29. The zero-order chi connectivity index (χ0) is 11.5. The molecule has 0 N–H and O–H groups in total. The third kappa shape index (κ3) is 2.01. The highest BCUT2D eigenvalue weighted by molar-refractivity contribution is 5.48. The van der Waals surface area contributed by atoms with E-state index in [-0.39, 0.29) is 0 Å². The summed E-state index contributed by atoms with van der Waals surface area (Å²) in [6.07, 6.45) is 3.63. The standard InChI is InChI=1S/C13H17N3/c1-3-12-5-4-6-16(12)13-8-11(9-14)7-10(2)15-13/h7-8,12H,3-6H2,1-2H3. The molecule has 0 bridgehead atoms. The Morgan fingerprint density at radius 2 is 2.38 bits per heavy atom. The summed E-state index contributed by atoms with van der Waals surface area (Å²) in [4.78, 5) is 6.88. The first-order valence-electron chi connectivity index (χ1n) is 5.90. The molecule has 0 amide bonds. The van der Waals surface area contributed by atoms with Crippen molar-refractivity contribution in [3.05, 3.63) is 23.4 Å². The van der Waals surface area contributed by atoms with Crippen molar-refractivity contribution in [2.75, 3.05) is 11.4 Å².